The number of halogens is 1. The maximum absolute atomic E-state index is 12.6. The van der Waals surface area contributed by atoms with Crippen LogP contribution in [0.5, 0.6) is 0 Å². The molecule has 22 nitrogen and oxygen atoms in total. The predicted molar refractivity (Wildman–Crippen MR) is 271 cm³/mol. The number of imidazole rings is 2. The number of nitrogens with two attached hydrogens (primary N) is 2. The van der Waals surface area contributed by atoms with Crippen molar-refractivity contribution in [1.29, 1.82) is 0 Å². The Labute approximate surface area is 411 Å². The van der Waals surface area contributed by atoms with Crippen LogP contribution < -0.4 is 31.4 Å². The molecule has 0 aliphatic carbocycles. The highest BCUT2D eigenvalue weighted by Gasteiger charge is 2.51. The van der Waals surface area contributed by atoms with Gasteiger partial charge in [0, 0.05) is 40.6 Å². The van der Waals surface area contributed by atoms with E-state index in [1.54, 1.807) is 36.8 Å². The van der Waals surface area contributed by atoms with Crippen molar-refractivity contribution >= 4 is 85.5 Å². The fraction of sp³-hybridized carbons (Fsp3) is 0.714. The van der Waals surface area contributed by atoms with Crippen molar-refractivity contribution in [2.75, 3.05) is 23.8 Å². The first-order valence-electron chi connectivity index (χ1n) is 22.8. The maximum atomic E-state index is 12.6. The first-order chi connectivity index (χ1) is 31.3. The van der Waals surface area contributed by atoms with E-state index in [1.165, 1.54) is 35.5 Å². The lowest BCUT2D eigenvalue weighted by molar-refractivity contribution is -0.119. The highest BCUT2D eigenvalue weighted by atomic mass is 127. The van der Waals surface area contributed by atoms with Crippen LogP contribution in [0.2, 0.25) is 39.1 Å². The van der Waals surface area contributed by atoms with E-state index in [-0.39, 0.29) is 101 Å². The molecule has 8 atom stereocenters. The monoisotopic (exact) mass is 1090 g/mol. The number of fused-ring (bicyclic) bond motifs is 2. The van der Waals surface area contributed by atoms with Gasteiger partial charge in [0.25, 0.3) is 11.1 Å². The predicted octanol–water partition coefficient (Wildman–Crippen LogP) is 4.88. The first kappa shape index (κ1) is 54.4. The van der Waals surface area contributed by atoms with Crippen LogP contribution in [0, 0.1) is 17.8 Å². The Kier molecular flexibility index (Phi) is 18.3. The number of hydrogen-bond acceptors (Lipinski definition) is 16. The normalized spacial score (nSPS) is 23.9. The smallest absolute Gasteiger partial charge is 0.280 e. The summed E-state index contributed by atoms with van der Waals surface area (Å²) in [6, 6.07) is -0.585. The average molecular weight is 1090 g/mol. The van der Waals surface area contributed by atoms with Gasteiger partial charge in [0.15, 0.2) is 51.4 Å². The summed E-state index contributed by atoms with van der Waals surface area (Å²) in [7, 11) is -4.43. The van der Waals surface area contributed by atoms with Crippen molar-refractivity contribution in [3.8, 4) is 0 Å². The van der Waals surface area contributed by atoms with Crippen LogP contribution >= 0.6 is 22.9 Å². The van der Waals surface area contributed by atoms with Crippen LogP contribution in [0.4, 0.5) is 11.9 Å². The Morgan fingerprint density at radius 3 is 1.55 bits per heavy atom. The molecular weight excluding hydrogens is 1020 g/mol. The Bertz CT molecular complexity index is 2320. The second kappa shape index (κ2) is 22.5. The van der Waals surface area contributed by atoms with E-state index >= 15 is 0 Å². The van der Waals surface area contributed by atoms with Gasteiger partial charge in [-0.05, 0) is 36.3 Å². The second-order valence-corrected chi connectivity index (χ2v) is 29.9. The number of aromatic amines is 2. The maximum Gasteiger partial charge on any atom is 0.280 e. The van der Waals surface area contributed by atoms with E-state index in [1.807, 2.05) is 6.92 Å². The summed E-state index contributed by atoms with van der Waals surface area (Å²) in [6.07, 6.45) is -0.433. The summed E-state index contributed by atoms with van der Waals surface area (Å²) in [5.74, 6) is -1.11. The van der Waals surface area contributed by atoms with Crippen molar-refractivity contribution in [1.82, 2.24) is 39.0 Å². The van der Waals surface area contributed by atoms with Crippen molar-refractivity contribution in [3.63, 3.8) is 0 Å². The highest BCUT2D eigenvalue weighted by Crippen LogP contribution is 2.45. The van der Waals surface area contributed by atoms with Crippen molar-refractivity contribution in [2.24, 2.45) is 27.4 Å². The number of ether oxygens (including phenoxy) is 2. The van der Waals surface area contributed by atoms with Crippen LogP contribution in [-0.2, 0) is 27.9 Å². The number of amides is 2. The third kappa shape index (κ3) is 12.6. The standard InChI is InChI=1S/C21H35N5O5Si.C20H34N6O5Si.CH4.H2IN/c1-11(2)17(28)24-20-23-16-14(18(29)25-20)22-10-26(16)19-15(12(3)13(9-27)30-19)31-32(7,8)21(4,5)6;1-10(2)16(28)24-19-23-15-13(17(29)25-19)22-9-26(15)18-14(12(21)11(8-27)30-18)31-32(6,7)20(3,4)5;;1-2/h10-13,15,19,27H,9H2,1-8H3,(H2,23,24,25,28,29);9-12,14,18,27H,8,21H2,1-7H3,(H2,23,24,25,28,29);1H4;2H2/t12-,13-,15-,19-;11-,12-,14-,18-;;/m11../s1/i/hTD. The molecule has 25 heteroatoms. The number of aliphatic hydroxyl groups is 2. The molecule has 0 bridgehead atoms. The molecule has 6 heterocycles. The molecule has 2 aliphatic heterocycles. The Balaban J connectivity index is 0.000000334. The molecule has 0 radical (unpaired) electrons. The Hall–Kier alpha value is -3.52. The number of carbonyl (C=O) groups excluding carboxylic acids is 2. The lowest BCUT2D eigenvalue weighted by Crippen LogP contribution is -2.51. The van der Waals surface area contributed by atoms with E-state index in [0.717, 1.165) is 0 Å². The minimum absolute atomic E-state index is 0. The number of H-pyrrole nitrogens is 2. The van der Waals surface area contributed by atoms with Gasteiger partial charge in [-0.25, -0.2) is 9.97 Å². The zero-order valence-corrected chi connectivity index (χ0v) is 44.7. The number of aromatic nitrogens is 8. The van der Waals surface area contributed by atoms with E-state index < -0.39 is 64.6 Å². The molecule has 67 heavy (non-hydrogen) atoms. The second-order valence-electron chi connectivity index (χ2n) is 20.4. The van der Waals surface area contributed by atoms with Gasteiger partial charge < -0.3 is 34.3 Å². The molecule has 4 aromatic heterocycles. The SMILES string of the molecule is C.CC(C)C(=O)Nc1nc2c(ncn2[C@@H]2O[C@H](CO)[C@@H](C)[C@H]2O[Si](C)(C)C(C)(C)C)c(=O)[nH]1.CC(C)C(=O)Nc1nc2c(ncn2[C@@H]2O[C@H](CO)[C@@H](N)[C@H]2O[Si](C)(C)C(C)(C)C)c(=O)[nH]1.[2H]N([3H])I. The molecule has 378 valence electrons. The number of carbonyl (C=O) groups is 2. The quantitative estimate of drug-likeness (QED) is 0.0532. The molecule has 2 aliphatic rings. The number of nitrogens with one attached hydrogen (secondary N) is 4. The molecule has 10 N–H and O–H groups in total. The average Bonchev–Trinajstić information content (AvgIpc) is 3.98. The van der Waals surface area contributed by atoms with E-state index in [2.05, 4.69) is 108 Å². The number of aliphatic hydroxyl groups excluding tert-OH is 2. The first-order valence-corrected chi connectivity index (χ1v) is 28.7. The number of rotatable bonds is 12. The van der Waals surface area contributed by atoms with Gasteiger partial charge in [0.05, 0.1) is 44.1 Å². The van der Waals surface area contributed by atoms with Crippen LogP contribution in [-0.4, -0.2) is 121 Å². The Morgan fingerprint density at radius 1 is 0.836 bits per heavy atom. The summed E-state index contributed by atoms with van der Waals surface area (Å²) < 4.78 is 41.4. The van der Waals surface area contributed by atoms with E-state index in [9.17, 15) is 29.4 Å². The largest absolute Gasteiger partial charge is 0.409 e. The van der Waals surface area contributed by atoms with Crippen LogP contribution in [0.1, 0.15) is 96.0 Å². The zero-order valence-electron chi connectivity index (χ0n) is 42.6. The fourth-order valence-electron chi connectivity index (χ4n) is 6.62. The summed E-state index contributed by atoms with van der Waals surface area (Å²) in [6.45, 7) is 29.9. The number of anilines is 2. The van der Waals surface area contributed by atoms with Gasteiger partial charge in [-0.3, -0.25) is 52.8 Å². The van der Waals surface area contributed by atoms with Crippen molar-refractivity contribution in [2.45, 2.75) is 163 Å². The van der Waals surface area contributed by atoms with Crippen LogP contribution in [0.15, 0.2) is 22.2 Å². The van der Waals surface area contributed by atoms with Crippen LogP contribution in [0.25, 0.3) is 22.3 Å². The van der Waals surface area contributed by atoms with E-state index in [0.29, 0.717) is 3.93 Å². The molecule has 0 saturated carbocycles. The summed E-state index contributed by atoms with van der Waals surface area (Å²) >= 11 is 1.51. The van der Waals surface area contributed by atoms with Gasteiger partial charge >= 0.3 is 0 Å². The van der Waals surface area contributed by atoms with Gasteiger partial charge in [-0.2, -0.15) is 9.97 Å². The third-order valence-electron chi connectivity index (χ3n) is 12.9. The van der Waals surface area contributed by atoms with E-state index in [4.69, 9.17) is 26.9 Å². The fourth-order valence-corrected chi connectivity index (χ4v) is 9.30. The third-order valence-corrected chi connectivity index (χ3v) is 21.8. The molecule has 6 rings (SSSR count). The molecule has 2 saturated heterocycles. The Morgan fingerprint density at radius 2 is 1.19 bits per heavy atom. The molecule has 4 aromatic rings. The van der Waals surface area contributed by atoms with Gasteiger partial charge in [0.1, 0.15) is 15.0 Å². The van der Waals surface area contributed by atoms with Crippen molar-refractivity contribution in [3.05, 3.63) is 33.4 Å². The molecule has 2 fully saturated rings. The van der Waals surface area contributed by atoms with Crippen molar-refractivity contribution < 1.29 is 41.0 Å². The minimum atomic E-state index is -2.25. The molecular formula is C42H75IN12O10Si2. The van der Waals surface area contributed by atoms with Gasteiger partial charge in [-0.1, -0.05) is 83.6 Å². The summed E-state index contributed by atoms with van der Waals surface area (Å²) in [5.41, 5.74) is 6.22. The lowest BCUT2D eigenvalue weighted by atomic mass is 10.0. The number of nitrogens with zero attached hydrogens (tertiary/aromatic N) is 6. The van der Waals surface area contributed by atoms with Gasteiger partial charge in [-0.15, -0.1) is 0 Å². The number of hydrogen-bond donors (Lipinski definition) is 8. The topological polar surface area (TPSA) is 315 Å². The molecule has 2 amide bonds. The minimum Gasteiger partial charge on any atom is -0.409 e. The van der Waals surface area contributed by atoms with Crippen LogP contribution in [0.3, 0.4) is 0 Å². The summed E-state index contributed by atoms with van der Waals surface area (Å²) in [5, 5.41) is 24.8. The zero-order chi connectivity index (χ0) is 51.6. The molecule has 0 spiro atoms. The lowest BCUT2D eigenvalue weighted by Gasteiger charge is -2.40. The highest BCUT2D eigenvalue weighted by molar-refractivity contribution is 14.1. The van der Waals surface area contributed by atoms with Gasteiger partial charge in [0.2, 0.25) is 23.7 Å². The molecule has 0 unspecified atom stereocenters. The molecule has 0 aromatic carbocycles. The summed E-state index contributed by atoms with van der Waals surface area (Å²) in [4.78, 5) is 71.7.